The molecule has 25 heavy (non-hydrogen) atoms. The number of aryl methyl sites for hydroxylation is 1. The Labute approximate surface area is 148 Å². The number of H-pyrrole nitrogens is 1. The van der Waals surface area contributed by atoms with E-state index in [1.54, 1.807) is 25.7 Å². The zero-order valence-electron chi connectivity index (χ0n) is 15.7. The van der Waals surface area contributed by atoms with Gasteiger partial charge in [-0.05, 0) is 53.0 Å². The van der Waals surface area contributed by atoms with Gasteiger partial charge in [-0.1, -0.05) is 0 Å². The Balaban J connectivity index is 2.31. The van der Waals surface area contributed by atoms with E-state index in [2.05, 4.69) is 10.3 Å². The van der Waals surface area contributed by atoms with Crippen LogP contribution in [0, 0.1) is 13.8 Å². The first-order valence-corrected chi connectivity index (χ1v) is 8.59. The molecule has 0 bridgehead atoms. The Morgan fingerprint density at radius 1 is 1.20 bits per heavy atom. The second-order valence-electron chi connectivity index (χ2n) is 6.90. The van der Waals surface area contributed by atoms with Crippen LogP contribution in [0.3, 0.4) is 0 Å². The number of ether oxygens (including phenoxy) is 1. The van der Waals surface area contributed by atoms with Crippen molar-refractivity contribution in [1.82, 2.24) is 15.2 Å². The van der Waals surface area contributed by atoms with Crippen molar-refractivity contribution < 1.29 is 19.1 Å². The van der Waals surface area contributed by atoms with E-state index < -0.39 is 12.0 Å². The number of urea groups is 1. The predicted octanol–water partition coefficient (Wildman–Crippen LogP) is 2.57. The van der Waals surface area contributed by atoms with Crippen molar-refractivity contribution in [3.05, 3.63) is 22.5 Å². The minimum Gasteiger partial charge on any atom is -0.464 e. The zero-order valence-corrected chi connectivity index (χ0v) is 15.7. The first kappa shape index (κ1) is 19.0. The molecule has 2 amide bonds. The maximum Gasteiger partial charge on any atom is 0.354 e. The Morgan fingerprint density at radius 2 is 1.80 bits per heavy atom. The van der Waals surface area contributed by atoms with Crippen LogP contribution in [0.15, 0.2) is 0 Å². The number of esters is 1. The SMILES string of the molecule is COC(=O)c1[nH]c(C)c(C(=O)C(C)N(C(=O)NC(C)C)C2CC2)c1C. The van der Waals surface area contributed by atoms with Crippen molar-refractivity contribution in [3.8, 4) is 0 Å². The highest BCUT2D eigenvalue weighted by Gasteiger charge is 2.40. The molecule has 138 valence electrons. The largest absolute Gasteiger partial charge is 0.464 e. The van der Waals surface area contributed by atoms with E-state index in [9.17, 15) is 14.4 Å². The third-order valence-electron chi connectivity index (χ3n) is 4.46. The molecule has 1 atom stereocenters. The summed E-state index contributed by atoms with van der Waals surface area (Å²) in [6, 6.07) is -0.739. The van der Waals surface area contributed by atoms with Crippen LogP contribution in [0.2, 0.25) is 0 Å². The molecule has 1 aliphatic carbocycles. The molecule has 1 fully saturated rings. The summed E-state index contributed by atoms with van der Waals surface area (Å²) in [5, 5.41) is 2.87. The number of rotatable bonds is 6. The average molecular weight is 349 g/mol. The Kier molecular flexibility index (Phi) is 5.55. The molecule has 2 rings (SSSR count). The van der Waals surface area contributed by atoms with Gasteiger partial charge < -0.3 is 19.9 Å². The first-order valence-electron chi connectivity index (χ1n) is 8.59. The van der Waals surface area contributed by atoms with Gasteiger partial charge in [0.05, 0.1) is 13.2 Å². The number of methoxy groups -OCH3 is 1. The number of nitrogens with one attached hydrogen (secondary N) is 2. The maximum absolute atomic E-state index is 13.1. The summed E-state index contributed by atoms with van der Waals surface area (Å²) in [6.45, 7) is 8.97. The lowest BCUT2D eigenvalue weighted by molar-refractivity contribution is 0.0593. The highest BCUT2D eigenvalue weighted by Crippen LogP contribution is 2.31. The molecule has 1 aromatic heterocycles. The highest BCUT2D eigenvalue weighted by molar-refractivity contribution is 6.06. The molecule has 0 aliphatic heterocycles. The summed E-state index contributed by atoms with van der Waals surface area (Å²) < 4.78 is 4.75. The van der Waals surface area contributed by atoms with Gasteiger partial charge in [0.15, 0.2) is 5.78 Å². The maximum atomic E-state index is 13.1. The number of Topliss-reactive ketones (excluding diaryl/α,β-unsaturated/α-hetero) is 1. The lowest BCUT2D eigenvalue weighted by Crippen LogP contribution is -2.51. The fourth-order valence-corrected chi connectivity index (χ4v) is 3.09. The Bertz CT molecular complexity index is 689. The summed E-state index contributed by atoms with van der Waals surface area (Å²) in [6.07, 6.45) is 1.81. The third-order valence-corrected chi connectivity index (χ3v) is 4.46. The summed E-state index contributed by atoms with van der Waals surface area (Å²) in [5.41, 5.74) is 1.90. The fourth-order valence-electron chi connectivity index (χ4n) is 3.09. The Hall–Kier alpha value is -2.31. The normalized spacial score (nSPS) is 15.0. The van der Waals surface area contributed by atoms with Crippen LogP contribution in [0.1, 0.15) is 65.7 Å². The van der Waals surface area contributed by atoms with Gasteiger partial charge in [0.25, 0.3) is 0 Å². The topological polar surface area (TPSA) is 91.5 Å². The molecule has 1 heterocycles. The minimum absolute atomic E-state index is 0.00212. The molecule has 0 saturated heterocycles. The number of nitrogens with zero attached hydrogens (tertiary/aromatic N) is 1. The van der Waals surface area contributed by atoms with Gasteiger partial charge in [0, 0.05) is 23.3 Å². The molecule has 7 nitrogen and oxygen atoms in total. The molecule has 2 N–H and O–H groups in total. The van der Waals surface area contributed by atoms with Gasteiger partial charge >= 0.3 is 12.0 Å². The van der Waals surface area contributed by atoms with Gasteiger partial charge in [-0.25, -0.2) is 9.59 Å². The van der Waals surface area contributed by atoms with E-state index in [-0.39, 0.29) is 29.6 Å². The summed E-state index contributed by atoms with van der Waals surface area (Å²) in [7, 11) is 1.30. The Morgan fingerprint density at radius 3 is 2.28 bits per heavy atom. The van der Waals surface area contributed by atoms with Crippen LogP contribution in [0.25, 0.3) is 0 Å². The lowest BCUT2D eigenvalue weighted by atomic mass is 10.00. The highest BCUT2D eigenvalue weighted by atomic mass is 16.5. The van der Waals surface area contributed by atoms with Gasteiger partial charge in [-0.2, -0.15) is 0 Å². The van der Waals surface area contributed by atoms with Crippen LogP contribution in [0.4, 0.5) is 4.79 Å². The molecule has 1 saturated carbocycles. The minimum atomic E-state index is -0.607. The number of aromatic nitrogens is 1. The number of carbonyl (C=O) groups is 3. The number of hydrogen-bond acceptors (Lipinski definition) is 4. The summed E-state index contributed by atoms with van der Waals surface area (Å²) in [4.78, 5) is 42.0. The molecule has 1 aromatic rings. The molecule has 7 heteroatoms. The van der Waals surface area contributed by atoms with Crippen molar-refractivity contribution in [1.29, 1.82) is 0 Å². The fraction of sp³-hybridized carbons (Fsp3) is 0.611. The molecule has 0 aromatic carbocycles. The summed E-state index contributed by atoms with van der Waals surface area (Å²) in [5.74, 6) is -0.684. The van der Waals surface area contributed by atoms with Crippen molar-refractivity contribution in [3.63, 3.8) is 0 Å². The van der Waals surface area contributed by atoms with E-state index in [0.717, 1.165) is 12.8 Å². The van der Waals surface area contributed by atoms with Crippen molar-refractivity contribution >= 4 is 17.8 Å². The summed E-state index contributed by atoms with van der Waals surface area (Å²) >= 11 is 0. The standard InChI is InChI=1S/C18H27N3O4/c1-9(2)19-18(24)21(13-7-8-13)12(5)16(22)14-10(3)15(17(23)25-6)20-11(14)4/h9,12-13,20H,7-8H2,1-6H3,(H,19,24). The number of ketones is 1. The van der Waals surface area contributed by atoms with E-state index >= 15 is 0 Å². The lowest BCUT2D eigenvalue weighted by Gasteiger charge is -2.29. The second-order valence-corrected chi connectivity index (χ2v) is 6.90. The van der Waals surface area contributed by atoms with Gasteiger partial charge in [0.1, 0.15) is 5.69 Å². The van der Waals surface area contributed by atoms with Gasteiger partial charge in [-0.15, -0.1) is 0 Å². The molecular formula is C18H27N3O4. The van der Waals surface area contributed by atoms with Crippen LogP contribution >= 0.6 is 0 Å². The zero-order chi connectivity index (χ0) is 18.9. The van der Waals surface area contributed by atoms with Gasteiger partial charge in [0.2, 0.25) is 0 Å². The number of hydrogen-bond donors (Lipinski definition) is 2. The van der Waals surface area contributed by atoms with Crippen LogP contribution in [0.5, 0.6) is 0 Å². The molecule has 0 spiro atoms. The van der Waals surface area contributed by atoms with Crippen molar-refractivity contribution in [2.24, 2.45) is 0 Å². The number of aromatic amines is 1. The van der Waals surface area contributed by atoms with E-state index in [4.69, 9.17) is 4.74 Å². The quantitative estimate of drug-likeness (QED) is 0.610. The van der Waals surface area contributed by atoms with Crippen LogP contribution in [-0.2, 0) is 4.74 Å². The number of carbonyl (C=O) groups excluding carboxylic acids is 3. The second kappa shape index (κ2) is 7.29. The monoisotopic (exact) mass is 349 g/mol. The molecule has 1 aliphatic rings. The van der Waals surface area contributed by atoms with E-state index in [0.29, 0.717) is 16.8 Å². The molecular weight excluding hydrogens is 322 g/mol. The third kappa shape index (κ3) is 3.86. The van der Waals surface area contributed by atoms with Crippen LogP contribution < -0.4 is 5.32 Å². The predicted molar refractivity (Wildman–Crippen MR) is 93.9 cm³/mol. The van der Waals surface area contributed by atoms with Crippen molar-refractivity contribution in [2.45, 2.75) is 65.6 Å². The van der Waals surface area contributed by atoms with Crippen LogP contribution in [-0.4, -0.2) is 52.9 Å². The number of amides is 2. The van der Waals surface area contributed by atoms with E-state index in [1.165, 1.54) is 7.11 Å². The molecule has 0 radical (unpaired) electrons. The molecule has 1 unspecified atom stereocenters. The van der Waals surface area contributed by atoms with Crippen molar-refractivity contribution in [2.75, 3.05) is 7.11 Å². The van der Waals surface area contributed by atoms with E-state index in [1.807, 2.05) is 13.8 Å². The van der Waals surface area contributed by atoms with Gasteiger partial charge in [-0.3, -0.25) is 4.79 Å². The smallest absolute Gasteiger partial charge is 0.354 e. The average Bonchev–Trinajstić information content (AvgIpc) is 3.30. The first-order chi connectivity index (χ1) is 11.7.